The van der Waals surface area contributed by atoms with Gasteiger partial charge in [-0.3, -0.25) is 4.79 Å². The number of amides is 1. The Hall–Kier alpha value is -2.68. The molecular weight excluding hydrogens is 329 g/mol. The average Bonchev–Trinajstić information content (AvgIpc) is 3.20. The average molecular weight is 338 g/mol. The Labute approximate surface area is 132 Å². The summed E-state index contributed by atoms with van der Waals surface area (Å²) in [6.45, 7) is 0. The highest BCUT2D eigenvalue weighted by Gasteiger charge is 2.34. The van der Waals surface area contributed by atoms with E-state index < -0.39 is 17.6 Å². The summed E-state index contributed by atoms with van der Waals surface area (Å²) in [6, 6.07) is 5.18. The van der Waals surface area contributed by atoms with Crippen molar-refractivity contribution in [1.82, 2.24) is 14.8 Å². The maximum atomic E-state index is 13.3. The lowest BCUT2D eigenvalue weighted by Gasteiger charge is -2.15. The molecule has 1 aromatic carbocycles. The lowest BCUT2D eigenvalue weighted by atomic mass is 10.1. The van der Waals surface area contributed by atoms with Crippen LogP contribution in [0.1, 0.15) is 16.1 Å². The molecule has 0 atom stereocenters. The van der Waals surface area contributed by atoms with Crippen LogP contribution in [-0.2, 0) is 6.18 Å². The maximum absolute atomic E-state index is 13.3. The second-order valence-electron chi connectivity index (χ2n) is 4.51. The number of carbonyl (C=O) groups excluding carboxylic acids is 1. The standard InChI is InChI=1S/C14H9F3N4OS/c15-14(16,17)10-6-9(21-5-1-4-19-21)2-3-11(10)20-13(22)12-7-23-8-18-12/h1-8H,(H,20,22). The molecule has 0 saturated carbocycles. The highest BCUT2D eigenvalue weighted by atomic mass is 32.1. The molecule has 5 nitrogen and oxygen atoms in total. The first-order valence-corrected chi connectivity index (χ1v) is 7.30. The molecular formula is C14H9F3N4OS. The molecule has 0 aliphatic rings. The van der Waals surface area contributed by atoms with E-state index >= 15 is 0 Å². The minimum atomic E-state index is -4.62. The molecule has 2 heterocycles. The van der Waals surface area contributed by atoms with Gasteiger partial charge in [-0.2, -0.15) is 18.3 Å². The summed E-state index contributed by atoms with van der Waals surface area (Å²) in [7, 11) is 0. The Morgan fingerprint density at radius 1 is 1.30 bits per heavy atom. The molecule has 3 aromatic rings. The first-order valence-electron chi connectivity index (χ1n) is 6.36. The summed E-state index contributed by atoms with van der Waals surface area (Å²) in [6.07, 6.45) is -1.62. The molecule has 0 spiro atoms. The topological polar surface area (TPSA) is 59.8 Å². The van der Waals surface area contributed by atoms with Gasteiger partial charge in [0, 0.05) is 17.8 Å². The van der Waals surface area contributed by atoms with Gasteiger partial charge in [0.15, 0.2) is 0 Å². The Morgan fingerprint density at radius 2 is 2.13 bits per heavy atom. The van der Waals surface area contributed by atoms with Crippen LogP contribution in [-0.4, -0.2) is 20.7 Å². The number of rotatable bonds is 3. The summed E-state index contributed by atoms with van der Waals surface area (Å²) in [5, 5.41) is 7.60. The van der Waals surface area contributed by atoms with Crippen molar-refractivity contribution in [2.75, 3.05) is 5.32 Å². The number of halogens is 3. The van der Waals surface area contributed by atoms with Crippen molar-refractivity contribution in [2.24, 2.45) is 0 Å². The zero-order chi connectivity index (χ0) is 16.4. The maximum Gasteiger partial charge on any atom is 0.418 e. The SMILES string of the molecule is O=C(Nc1ccc(-n2cccn2)cc1C(F)(F)F)c1cscn1. The molecule has 1 amide bonds. The normalized spacial score (nSPS) is 11.4. The molecule has 0 aliphatic carbocycles. The number of nitrogens with one attached hydrogen (secondary N) is 1. The van der Waals surface area contributed by atoms with Crippen molar-refractivity contribution in [1.29, 1.82) is 0 Å². The Balaban J connectivity index is 1.98. The van der Waals surface area contributed by atoms with Crippen LogP contribution in [0.4, 0.5) is 18.9 Å². The second kappa shape index (κ2) is 5.84. The van der Waals surface area contributed by atoms with Crippen molar-refractivity contribution >= 4 is 22.9 Å². The molecule has 0 radical (unpaired) electrons. The van der Waals surface area contributed by atoms with Crippen molar-refractivity contribution in [3.63, 3.8) is 0 Å². The third-order valence-electron chi connectivity index (χ3n) is 2.99. The molecule has 0 bridgehead atoms. The fourth-order valence-corrected chi connectivity index (χ4v) is 2.48. The number of anilines is 1. The predicted octanol–water partition coefficient (Wildman–Crippen LogP) is 3.60. The van der Waals surface area contributed by atoms with Gasteiger partial charge in [0.05, 0.1) is 22.4 Å². The zero-order valence-electron chi connectivity index (χ0n) is 11.4. The summed E-state index contributed by atoms with van der Waals surface area (Å²) >= 11 is 1.18. The summed E-state index contributed by atoms with van der Waals surface area (Å²) in [5.74, 6) is -0.691. The minimum absolute atomic E-state index is 0.0688. The fraction of sp³-hybridized carbons (Fsp3) is 0.0714. The van der Waals surface area contributed by atoms with Gasteiger partial charge in [-0.15, -0.1) is 11.3 Å². The van der Waals surface area contributed by atoms with Crippen LogP contribution in [0.3, 0.4) is 0 Å². The van der Waals surface area contributed by atoms with E-state index in [-0.39, 0.29) is 17.1 Å². The molecule has 3 rings (SSSR count). The number of alkyl halides is 3. The van der Waals surface area contributed by atoms with Gasteiger partial charge in [0.1, 0.15) is 5.69 Å². The second-order valence-corrected chi connectivity index (χ2v) is 5.22. The van der Waals surface area contributed by atoms with Gasteiger partial charge in [-0.25, -0.2) is 9.67 Å². The lowest BCUT2D eigenvalue weighted by molar-refractivity contribution is -0.136. The number of hydrogen-bond donors (Lipinski definition) is 1. The Morgan fingerprint density at radius 3 is 2.74 bits per heavy atom. The van der Waals surface area contributed by atoms with Crippen LogP contribution < -0.4 is 5.32 Å². The van der Waals surface area contributed by atoms with Gasteiger partial charge in [-0.05, 0) is 24.3 Å². The van der Waals surface area contributed by atoms with Crippen LogP contribution in [0.2, 0.25) is 0 Å². The summed E-state index contributed by atoms with van der Waals surface area (Å²) in [4.78, 5) is 15.7. The predicted molar refractivity (Wildman–Crippen MR) is 78.6 cm³/mol. The van der Waals surface area contributed by atoms with Crippen molar-refractivity contribution in [3.8, 4) is 5.69 Å². The van der Waals surface area contributed by atoms with E-state index in [1.807, 2.05) is 0 Å². The van der Waals surface area contributed by atoms with Gasteiger partial charge in [0.25, 0.3) is 5.91 Å². The first kappa shape index (κ1) is 15.2. The van der Waals surface area contributed by atoms with Gasteiger partial charge in [0.2, 0.25) is 0 Å². The molecule has 23 heavy (non-hydrogen) atoms. The van der Waals surface area contributed by atoms with E-state index in [1.54, 1.807) is 6.07 Å². The van der Waals surface area contributed by atoms with E-state index in [0.717, 1.165) is 6.07 Å². The van der Waals surface area contributed by atoms with Gasteiger partial charge < -0.3 is 5.32 Å². The van der Waals surface area contributed by atoms with Crippen molar-refractivity contribution in [3.05, 3.63) is 58.8 Å². The number of thiazole rings is 1. The molecule has 0 unspecified atom stereocenters. The van der Waals surface area contributed by atoms with Gasteiger partial charge in [-0.1, -0.05) is 0 Å². The van der Waals surface area contributed by atoms with Crippen LogP contribution in [0.15, 0.2) is 47.5 Å². The summed E-state index contributed by atoms with van der Waals surface area (Å²) < 4.78 is 41.1. The number of aromatic nitrogens is 3. The molecule has 0 fully saturated rings. The first-order chi connectivity index (χ1) is 10.9. The number of hydrogen-bond acceptors (Lipinski definition) is 4. The van der Waals surface area contributed by atoms with E-state index in [2.05, 4.69) is 15.4 Å². The molecule has 118 valence electrons. The van der Waals surface area contributed by atoms with E-state index in [1.165, 1.54) is 51.4 Å². The molecule has 0 saturated heterocycles. The quantitative estimate of drug-likeness (QED) is 0.794. The number of nitrogens with zero attached hydrogens (tertiary/aromatic N) is 3. The van der Waals surface area contributed by atoms with E-state index in [0.29, 0.717) is 0 Å². The van der Waals surface area contributed by atoms with E-state index in [9.17, 15) is 18.0 Å². The molecule has 0 aliphatic heterocycles. The highest BCUT2D eigenvalue weighted by Crippen LogP contribution is 2.36. The number of carbonyl (C=O) groups is 1. The molecule has 1 N–H and O–H groups in total. The zero-order valence-corrected chi connectivity index (χ0v) is 12.2. The Kier molecular flexibility index (Phi) is 3.87. The third-order valence-corrected chi connectivity index (χ3v) is 3.58. The molecule has 2 aromatic heterocycles. The fourth-order valence-electron chi connectivity index (χ4n) is 1.95. The van der Waals surface area contributed by atoms with Crippen molar-refractivity contribution in [2.45, 2.75) is 6.18 Å². The van der Waals surface area contributed by atoms with Crippen molar-refractivity contribution < 1.29 is 18.0 Å². The third kappa shape index (κ3) is 3.24. The summed E-state index contributed by atoms with van der Waals surface area (Å²) in [5.41, 5.74) is 0.467. The van der Waals surface area contributed by atoms with Crippen LogP contribution in [0, 0.1) is 0 Å². The van der Waals surface area contributed by atoms with Crippen LogP contribution >= 0.6 is 11.3 Å². The monoisotopic (exact) mass is 338 g/mol. The molecule has 9 heteroatoms. The van der Waals surface area contributed by atoms with Crippen LogP contribution in [0.25, 0.3) is 5.69 Å². The largest absolute Gasteiger partial charge is 0.418 e. The minimum Gasteiger partial charge on any atom is -0.320 e. The Bertz CT molecular complexity index is 813. The number of benzene rings is 1. The van der Waals surface area contributed by atoms with Crippen LogP contribution in [0.5, 0.6) is 0 Å². The lowest BCUT2D eigenvalue weighted by Crippen LogP contribution is -2.17. The highest BCUT2D eigenvalue weighted by molar-refractivity contribution is 7.07. The smallest absolute Gasteiger partial charge is 0.320 e. The van der Waals surface area contributed by atoms with E-state index in [4.69, 9.17) is 0 Å². The van der Waals surface area contributed by atoms with Gasteiger partial charge >= 0.3 is 6.18 Å².